The second kappa shape index (κ2) is 6.10. The van der Waals surface area contributed by atoms with Crippen molar-refractivity contribution in [1.29, 1.82) is 0 Å². The van der Waals surface area contributed by atoms with Crippen LogP contribution in [-0.2, 0) is 4.79 Å². The Hall–Kier alpha value is -2.49. The molecule has 0 aliphatic heterocycles. The Bertz CT molecular complexity index is 596. The fraction of sp³-hybridized carbons (Fsp3) is 0.125. The summed E-state index contributed by atoms with van der Waals surface area (Å²) in [4.78, 5) is 17.5. The van der Waals surface area contributed by atoms with Crippen molar-refractivity contribution >= 4 is 5.91 Å². The van der Waals surface area contributed by atoms with Crippen LogP contribution in [-0.4, -0.2) is 22.8 Å². The fourth-order valence-corrected chi connectivity index (χ4v) is 2.09. The van der Waals surface area contributed by atoms with Crippen LogP contribution < -0.4 is 0 Å². The fourth-order valence-electron chi connectivity index (χ4n) is 2.09. The molecule has 4 heteroatoms. The number of hydrogen-bond acceptors (Lipinski definition) is 2. The maximum absolute atomic E-state index is 13.1. The van der Waals surface area contributed by atoms with E-state index in [1.165, 1.54) is 18.2 Å². The molecule has 0 saturated carbocycles. The Morgan fingerprint density at radius 1 is 1.30 bits per heavy atom. The van der Waals surface area contributed by atoms with E-state index < -0.39 is 0 Å². The standard InChI is InChI=1S/C16H15FN2O/c1-3-15(20)19(2)16(13-5-4-10-18-11-13)12-6-8-14(17)9-7-12/h3-11,16H,1H2,2H3. The minimum atomic E-state index is -0.324. The van der Waals surface area contributed by atoms with E-state index >= 15 is 0 Å². The lowest BCUT2D eigenvalue weighted by atomic mass is 9.98. The Morgan fingerprint density at radius 2 is 2.00 bits per heavy atom. The number of carbonyl (C=O) groups is 1. The molecule has 0 aliphatic carbocycles. The van der Waals surface area contributed by atoms with Crippen molar-refractivity contribution in [3.63, 3.8) is 0 Å². The molecular weight excluding hydrogens is 255 g/mol. The molecule has 3 nitrogen and oxygen atoms in total. The number of nitrogens with zero attached hydrogens (tertiary/aromatic N) is 2. The second-order valence-corrected chi connectivity index (χ2v) is 4.39. The van der Waals surface area contributed by atoms with Gasteiger partial charge in [-0.25, -0.2) is 4.39 Å². The number of pyridine rings is 1. The van der Waals surface area contributed by atoms with E-state index in [9.17, 15) is 9.18 Å². The molecule has 1 atom stereocenters. The number of carbonyl (C=O) groups excluding carboxylic acids is 1. The number of halogens is 1. The third kappa shape index (κ3) is 2.91. The minimum Gasteiger partial charge on any atom is -0.331 e. The van der Waals surface area contributed by atoms with Crippen molar-refractivity contribution in [2.45, 2.75) is 6.04 Å². The van der Waals surface area contributed by atoms with Gasteiger partial charge in [0.25, 0.3) is 0 Å². The molecule has 0 N–H and O–H groups in total. The van der Waals surface area contributed by atoms with Gasteiger partial charge in [0.1, 0.15) is 5.82 Å². The van der Waals surface area contributed by atoms with Gasteiger partial charge in [-0.05, 0) is 35.4 Å². The number of aromatic nitrogens is 1. The molecule has 0 radical (unpaired) electrons. The smallest absolute Gasteiger partial charge is 0.246 e. The van der Waals surface area contributed by atoms with E-state index in [4.69, 9.17) is 0 Å². The third-order valence-electron chi connectivity index (χ3n) is 3.10. The van der Waals surface area contributed by atoms with E-state index in [-0.39, 0.29) is 17.8 Å². The maximum Gasteiger partial charge on any atom is 0.246 e. The van der Waals surface area contributed by atoms with E-state index in [2.05, 4.69) is 11.6 Å². The number of likely N-dealkylation sites (N-methyl/N-ethyl adjacent to an activating group) is 1. The summed E-state index contributed by atoms with van der Waals surface area (Å²) in [5.74, 6) is -0.514. The first-order chi connectivity index (χ1) is 9.63. The lowest BCUT2D eigenvalue weighted by Crippen LogP contribution is -2.30. The van der Waals surface area contributed by atoms with Gasteiger partial charge in [-0.15, -0.1) is 0 Å². The van der Waals surface area contributed by atoms with Gasteiger partial charge in [-0.1, -0.05) is 24.8 Å². The highest BCUT2D eigenvalue weighted by Crippen LogP contribution is 2.27. The SMILES string of the molecule is C=CC(=O)N(C)C(c1ccc(F)cc1)c1cccnc1. The summed E-state index contributed by atoms with van der Waals surface area (Å²) in [5, 5.41) is 0. The predicted octanol–water partition coefficient (Wildman–Crippen LogP) is 2.95. The van der Waals surface area contributed by atoms with Crippen LogP contribution in [0.25, 0.3) is 0 Å². The summed E-state index contributed by atoms with van der Waals surface area (Å²) in [6, 6.07) is 9.46. The Morgan fingerprint density at radius 3 is 2.55 bits per heavy atom. The van der Waals surface area contributed by atoms with Gasteiger partial charge in [-0.2, -0.15) is 0 Å². The van der Waals surface area contributed by atoms with Gasteiger partial charge in [0.2, 0.25) is 5.91 Å². The molecule has 102 valence electrons. The highest BCUT2D eigenvalue weighted by Gasteiger charge is 2.22. The van der Waals surface area contributed by atoms with Crippen LogP contribution in [0.15, 0.2) is 61.4 Å². The molecule has 1 amide bonds. The second-order valence-electron chi connectivity index (χ2n) is 4.39. The molecular formula is C16H15FN2O. The van der Waals surface area contributed by atoms with Crippen molar-refractivity contribution in [3.05, 3.63) is 78.4 Å². The average molecular weight is 270 g/mol. The number of hydrogen-bond donors (Lipinski definition) is 0. The Kier molecular flexibility index (Phi) is 4.25. The van der Waals surface area contributed by atoms with Gasteiger partial charge < -0.3 is 4.90 Å². The van der Waals surface area contributed by atoms with Crippen LogP contribution >= 0.6 is 0 Å². The van der Waals surface area contributed by atoms with E-state index in [0.29, 0.717) is 0 Å². The molecule has 2 aromatic rings. The van der Waals surface area contributed by atoms with Gasteiger partial charge in [-0.3, -0.25) is 9.78 Å². The zero-order valence-electron chi connectivity index (χ0n) is 11.2. The first kappa shape index (κ1) is 13.9. The number of benzene rings is 1. The molecule has 0 saturated heterocycles. The minimum absolute atomic E-state index is 0.205. The highest BCUT2D eigenvalue weighted by molar-refractivity contribution is 5.87. The van der Waals surface area contributed by atoms with Crippen molar-refractivity contribution in [1.82, 2.24) is 9.88 Å². The van der Waals surface area contributed by atoms with Crippen LogP contribution in [0.5, 0.6) is 0 Å². The van der Waals surface area contributed by atoms with E-state index in [1.54, 1.807) is 42.5 Å². The van der Waals surface area contributed by atoms with E-state index in [1.807, 2.05) is 6.07 Å². The van der Waals surface area contributed by atoms with Crippen molar-refractivity contribution in [3.8, 4) is 0 Å². The molecule has 2 rings (SSSR count). The normalized spacial score (nSPS) is 11.7. The zero-order valence-corrected chi connectivity index (χ0v) is 11.2. The Labute approximate surface area is 117 Å². The largest absolute Gasteiger partial charge is 0.331 e. The topological polar surface area (TPSA) is 33.2 Å². The lowest BCUT2D eigenvalue weighted by molar-refractivity contribution is -0.126. The van der Waals surface area contributed by atoms with Gasteiger partial charge in [0.05, 0.1) is 6.04 Å². The average Bonchev–Trinajstić information content (AvgIpc) is 2.49. The summed E-state index contributed by atoms with van der Waals surface area (Å²) in [6.07, 6.45) is 4.62. The maximum atomic E-state index is 13.1. The van der Waals surface area contributed by atoms with Crippen LogP contribution in [0.4, 0.5) is 4.39 Å². The van der Waals surface area contributed by atoms with Crippen molar-refractivity contribution < 1.29 is 9.18 Å². The Balaban J connectivity index is 2.46. The molecule has 20 heavy (non-hydrogen) atoms. The molecule has 1 heterocycles. The van der Waals surface area contributed by atoms with Crippen LogP contribution in [0, 0.1) is 5.82 Å². The lowest BCUT2D eigenvalue weighted by Gasteiger charge is -2.28. The monoisotopic (exact) mass is 270 g/mol. The zero-order chi connectivity index (χ0) is 14.5. The molecule has 0 spiro atoms. The van der Waals surface area contributed by atoms with E-state index in [0.717, 1.165) is 11.1 Å². The summed E-state index contributed by atoms with van der Waals surface area (Å²) >= 11 is 0. The summed E-state index contributed by atoms with van der Waals surface area (Å²) in [6.45, 7) is 3.50. The highest BCUT2D eigenvalue weighted by atomic mass is 19.1. The van der Waals surface area contributed by atoms with Crippen molar-refractivity contribution in [2.24, 2.45) is 0 Å². The molecule has 0 fully saturated rings. The first-order valence-electron chi connectivity index (χ1n) is 6.18. The summed E-state index contributed by atoms with van der Waals surface area (Å²) < 4.78 is 13.1. The molecule has 1 aromatic carbocycles. The number of amides is 1. The summed E-state index contributed by atoms with van der Waals surface area (Å²) in [5.41, 5.74) is 1.67. The number of rotatable bonds is 4. The van der Waals surface area contributed by atoms with Crippen LogP contribution in [0.3, 0.4) is 0 Å². The van der Waals surface area contributed by atoms with Crippen molar-refractivity contribution in [2.75, 3.05) is 7.05 Å². The first-order valence-corrected chi connectivity index (χ1v) is 6.18. The van der Waals surface area contributed by atoms with Crippen LogP contribution in [0.2, 0.25) is 0 Å². The van der Waals surface area contributed by atoms with Gasteiger partial charge >= 0.3 is 0 Å². The quantitative estimate of drug-likeness (QED) is 0.800. The summed E-state index contributed by atoms with van der Waals surface area (Å²) in [7, 11) is 1.69. The molecule has 1 aromatic heterocycles. The van der Waals surface area contributed by atoms with Gasteiger partial charge in [0.15, 0.2) is 0 Å². The third-order valence-corrected chi connectivity index (χ3v) is 3.10. The molecule has 0 aliphatic rings. The van der Waals surface area contributed by atoms with Crippen LogP contribution in [0.1, 0.15) is 17.2 Å². The predicted molar refractivity (Wildman–Crippen MR) is 75.4 cm³/mol. The molecule has 1 unspecified atom stereocenters. The molecule has 0 bridgehead atoms. The van der Waals surface area contributed by atoms with Gasteiger partial charge in [0, 0.05) is 19.4 Å².